The van der Waals surface area contributed by atoms with Gasteiger partial charge < -0.3 is 20.1 Å². The second-order valence-electron chi connectivity index (χ2n) is 13.8. The van der Waals surface area contributed by atoms with Crippen LogP contribution in [-0.2, 0) is 0 Å². The highest BCUT2D eigenvalue weighted by atomic mass is 127. The topological polar surface area (TPSA) is 86.6 Å². The predicted molar refractivity (Wildman–Crippen MR) is 177 cm³/mol. The summed E-state index contributed by atoms with van der Waals surface area (Å²) in [4.78, 5) is 18.8. The zero-order chi connectivity index (χ0) is 30.5. The van der Waals surface area contributed by atoms with Crippen molar-refractivity contribution < 1.29 is 18.6 Å². The van der Waals surface area contributed by atoms with Crippen LogP contribution in [0.15, 0.2) is 36.5 Å². The Balaban J connectivity index is 1.15. The fourth-order valence-corrected chi connectivity index (χ4v) is 10.1. The molecule has 2 aromatic heterocycles. The number of fused-ring (bicyclic) bond motifs is 7. The van der Waals surface area contributed by atoms with Gasteiger partial charge in [0.05, 0.1) is 10.9 Å². The fourth-order valence-electron chi connectivity index (χ4n) is 9.28. The van der Waals surface area contributed by atoms with E-state index in [0.717, 1.165) is 72.5 Å². The van der Waals surface area contributed by atoms with Crippen molar-refractivity contribution in [3.05, 3.63) is 45.9 Å². The number of aromatic nitrogens is 3. The lowest BCUT2D eigenvalue weighted by molar-refractivity contribution is 0.0811. The molecule has 4 saturated heterocycles. The number of alkyl halides is 1. The number of rotatable bonds is 5. The molecule has 8 nitrogen and oxygen atoms in total. The maximum absolute atomic E-state index is 16.8. The highest BCUT2D eigenvalue weighted by Gasteiger charge is 2.63. The van der Waals surface area contributed by atoms with Gasteiger partial charge in [0.2, 0.25) is 0 Å². The summed E-state index contributed by atoms with van der Waals surface area (Å²) < 4.78 is 40.2. The predicted octanol–water partition coefficient (Wildman–Crippen LogP) is 6.11. The van der Waals surface area contributed by atoms with E-state index in [0.29, 0.717) is 41.7 Å². The molecule has 5 fully saturated rings. The lowest BCUT2D eigenvalue weighted by Gasteiger charge is -2.35. The van der Waals surface area contributed by atoms with Gasteiger partial charge in [-0.25, -0.2) is 8.78 Å². The van der Waals surface area contributed by atoms with E-state index < -0.39 is 11.5 Å². The summed E-state index contributed by atoms with van der Waals surface area (Å²) in [5, 5.41) is 16.4. The molecule has 234 valence electrons. The Morgan fingerprint density at radius 1 is 1.09 bits per heavy atom. The molecule has 0 radical (unpaired) electrons. The molecule has 0 amide bonds. The monoisotopic (exact) mass is 724 g/mol. The van der Waals surface area contributed by atoms with Gasteiger partial charge in [0.15, 0.2) is 5.82 Å². The fraction of sp³-hybridized carbons (Fsp3) is 0.500. The summed E-state index contributed by atoms with van der Waals surface area (Å²) >= 11 is 2.23. The van der Waals surface area contributed by atoms with E-state index in [2.05, 4.69) is 47.7 Å². The third kappa shape index (κ3) is 4.43. The SMILES string of the molecule is Oc1cc(-c2ncc3c(N4CC5CCC(C4)N5)nc(OCC45CCCN4C4CCCC4(F)C5)nc3c2F)c2c(I)cccc2c1. The molecule has 45 heavy (non-hydrogen) atoms. The minimum atomic E-state index is -1.16. The van der Waals surface area contributed by atoms with Gasteiger partial charge in [-0.2, -0.15) is 9.97 Å². The zero-order valence-electron chi connectivity index (χ0n) is 24.9. The number of nitrogens with zero attached hydrogens (tertiary/aromatic N) is 5. The summed E-state index contributed by atoms with van der Waals surface area (Å²) in [5.74, 6) is 0.0778. The van der Waals surface area contributed by atoms with Gasteiger partial charge in [-0.15, -0.1) is 0 Å². The number of phenols is 1. The van der Waals surface area contributed by atoms with E-state index in [1.54, 1.807) is 18.3 Å². The minimum absolute atomic E-state index is 0.0387. The van der Waals surface area contributed by atoms with Gasteiger partial charge in [-0.1, -0.05) is 12.1 Å². The van der Waals surface area contributed by atoms with Crippen LogP contribution in [0.4, 0.5) is 14.6 Å². The Hall–Kier alpha value is -2.90. The lowest BCUT2D eigenvalue weighted by Crippen LogP contribution is -2.51. The molecule has 2 N–H and O–H groups in total. The number of anilines is 1. The molecule has 0 spiro atoms. The quantitative estimate of drug-likeness (QED) is 0.239. The normalized spacial score (nSPS) is 30.8. The second-order valence-corrected chi connectivity index (χ2v) is 15.0. The summed E-state index contributed by atoms with van der Waals surface area (Å²) in [7, 11) is 0. The van der Waals surface area contributed by atoms with Crippen LogP contribution in [-0.4, -0.2) is 80.5 Å². The summed E-state index contributed by atoms with van der Waals surface area (Å²) in [6.07, 6.45) is 8.65. The standard InChI is InChI=1S/C34H35F2IN6O2/c35-28-29(23-13-22(44)12-19-4-1-5-25(37)27(19)23)38-14-24-30(28)40-32(41-31(24)42-15-20-7-8-21(16-42)39-20)45-18-33-9-3-11-43(33)26-6-2-10-34(26,36)17-33/h1,4-5,12-14,20-21,26,39,44H,2-3,6-11,15-18H2. The van der Waals surface area contributed by atoms with Crippen LogP contribution >= 0.6 is 22.6 Å². The highest BCUT2D eigenvalue weighted by molar-refractivity contribution is 14.1. The summed E-state index contributed by atoms with van der Waals surface area (Å²) in [6, 6.07) is 9.77. The van der Waals surface area contributed by atoms with Crippen molar-refractivity contribution in [2.75, 3.05) is 31.1 Å². The number of hydrogen-bond donors (Lipinski definition) is 2. The van der Waals surface area contributed by atoms with Gasteiger partial charge in [-0.05, 0) is 97.7 Å². The van der Waals surface area contributed by atoms with Gasteiger partial charge in [-0.3, -0.25) is 9.88 Å². The summed E-state index contributed by atoms with van der Waals surface area (Å²) in [6.45, 7) is 2.67. The smallest absolute Gasteiger partial charge is 0.319 e. The third-order valence-electron chi connectivity index (χ3n) is 11.1. The number of ether oxygens (including phenoxy) is 1. The molecule has 5 atom stereocenters. The van der Waals surface area contributed by atoms with Crippen LogP contribution in [0.2, 0.25) is 0 Å². The Morgan fingerprint density at radius 2 is 1.93 bits per heavy atom. The van der Waals surface area contributed by atoms with Gasteiger partial charge in [0.25, 0.3) is 0 Å². The Morgan fingerprint density at radius 3 is 2.78 bits per heavy atom. The van der Waals surface area contributed by atoms with Crippen LogP contribution in [0.1, 0.15) is 51.4 Å². The van der Waals surface area contributed by atoms with Gasteiger partial charge in [0.1, 0.15) is 35.1 Å². The van der Waals surface area contributed by atoms with Crippen LogP contribution in [0, 0.1) is 9.39 Å². The van der Waals surface area contributed by atoms with Crippen molar-refractivity contribution in [3.8, 4) is 23.0 Å². The molecule has 4 aliphatic heterocycles. The van der Waals surface area contributed by atoms with Crippen molar-refractivity contribution >= 4 is 50.1 Å². The maximum Gasteiger partial charge on any atom is 0.319 e. The maximum atomic E-state index is 16.8. The van der Waals surface area contributed by atoms with Crippen LogP contribution in [0.3, 0.4) is 0 Å². The van der Waals surface area contributed by atoms with Crippen molar-refractivity contribution in [3.63, 3.8) is 0 Å². The summed E-state index contributed by atoms with van der Waals surface area (Å²) in [5.41, 5.74) is -0.783. The van der Waals surface area contributed by atoms with E-state index in [-0.39, 0.29) is 41.2 Å². The number of nitrogens with one attached hydrogen (secondary N) is 1. The minimum Gasteiger partial charge on any atom is -0.508 e. The number of aromatic hydroxyl groups is 1. The Kier molecular flexibility index (Phi) is 6.49. The lowest BCUT2D eigenvalue weighted by atomic mass is 9.88. The zero-order valence-corrected chi connectivity index (χ0v) is 27.1. The molecular weight excluding hydrogens is 689 g/mol. The number of phenolic OH excluding ortho intramolecular Hbond substituents is 1. The molecular formula is C34H35F2IN6O2. The molecule has 5 unspecified atom stereocenters. The first-order chi connectivity index (χ1) is 21.8. The molecule has 1 saturated carbocycles. The third-order valence-corrected chi connectivity index (χ3v) is 12.0. The average Bonchev–Trinajstić information content (AvgIpc) is 3.74. The molecule has 2 aromatic carbocycles. The van der Waals surface area contributed by atoms with Crippen molar-refractivity contribution in [2.24, 2.45) is 0 Å². The van der Waals surface area contributed by atoms with Crippen molar-refractivity contribution in [2.45, 2.75) is 80.7 Å². The molecule has 6 heterocycles. The number of hydrogen-bond acceptors (Lipinski definition) is 8. The van der Waals surface area contributed by atoms with Gasteiger partial charge >= 0.3 is 6.01 Å². The number of piperazine rings is 1. The Bertz CT molecular complexity index is 1850. The van der Waals surface area contributed by atoms with Crippen molar-refractivity contribution in [1.82, 2.24) is 25.2 Å². The van der Waals surface area contributed by atoms with Crippen LogP contribution in [0.25, 0.3) is 32.9 Å². The molecule has 5 aliphatic rings. The highest BCUT2D eigenvalue weighted by Crippen LogP contribution is 2.55. The first-order valence-corrected chi connectivity index (χ1v) is 17.3. The van der Waals surface area contributed by atoms with E-state index in [4.69, 9.17) is 9.72 Å². The second kappa shape index (κ2) is 10.3. The van der Waals surface area contributed by atoms with E-state index >= 15 is 8.78 Å². The largest absolute Gasteiger partial charge is 0.508 e. The molecule has 4 aromatic rings. The van der Waals surface area contributed by atoms with E-state index in [9.17, 15) is 5.11 Å². The van der Waals surface area contributed by atoms with E-state index in [1.807, 2.05) is 18.2 Å². The van der Waals surface area contributed by atoms with Gasteiger partial charge in [0, 0.05) is 58.4 Å². The molecule has 1 aliphatic carbocycles. The first kappa shape index (κ1) is 28.3. The van der Waals surface area contributed by atoms with Crippen LogP contribution in [0.5, 0.6) is 11.8 Å². The first-order valence-electron chi connectivity index (χ1n) is 16.2. The molecule has 9 rings (SSSR count). The number of benzene rings is 2. The Labute approximate surface area is 273 Å². The molecule has 2 bridgehead atoms. The number of halogens is 3. The van der Waals surface area contributed by atoms with Crippen molar-refractivity contribution in [1.29, 1.82) is 0 Å². The van der Waals surface area contributed by atoms with E-state index in [1.165, 1.54) is 0 Å². The van der Waals surface area contributed by atoms with Crippen LogP contribution < -0.4 is 15.0 Å². The average molecular weight is 725 g/mol. The number of pyridine rings is 1. The molecule has 11 heteroatoms.